The van der Waals surface area contributed by atoms with Crippen molar-refractivity contribution in [3.05, 3.63) is 59.7 Å². The highest BCUT2D eigenvalue weighted by Crippen LogP contribution is 2.25. The highest BCUT2D eigenvalue weighted by molar-refractivity contribution is 5.97. The first-order chi connectivity index (χ1) is 12.6. The second-order valence-electron chi connectivity index (χ2n) is 7.95. The van der Waals surface area contributed by atoms with Crippen LogP contribution in [0.15, 0.2) is 48.5 Å². The van der Waals surface area contributed by atoms with Gasteiger partial charge >= 0.3 is 0 Å². The molecule has 0 spiro atoms. The van der Waals surface area contributed by atoms with Gasteiger partial charge in [-0.15, -0.1) is 12.4 Å². The minimum absolute atomic E-state index is 0. The number of halogens is 1. The Morgan fingerprint density at radius 1 is 1.00 bits per heavy atom. The molecule has 2 rings (SSSR count). The molecule has 5 nitrogen and oxygen atoms in total. The van der Waals surface area contributed by atoms with Gasteiger partial charge in [0.2, 0.25) is 11.8 Å². The van der Waals surface area contributed by atoms with Crippen LogP contribution in [0.1, 0.15) is 44.9 Å². The van der Waals surface area contributed by atoms with Gasteiger partial charge in [-0.3, -0.25) is 9.59 Å². The lowest BCUT2D eigenvalue weighted by Crippen LogP contribution is -2.30. The Labute approximate surface area is 173 Å². The molecule has 6 heteroatoms. The molecule has 0 aliphatic carbocycles. The average molecular weight is 404 g/mol. The largest absolute Gasteiger partial charge is 0.326 e. The number of amides is 2. The van der Waals surface area contributed by atoms with Crippen LogP contribution < -0.4 is 16.4 Å². The molecule has 0 saturated heterocycles. The fourth-order valence-electron chi connectivity index (χ4n) is 2.53. The van der Waals surface area contributed by atoms with E-state index >= 15 is 0 Å². The van der Waals surface area contributed by atoms with Crippen LogP contribution in [-0.4, -0.2) is 11.8 Å². The number of carbonyl (C=O) groups is 2. The van der Waals surface area contributed by atoms with Gasteiger partial charge in [0.1, 0.15) is 0 Å². The summed E-state index contributed by atoms with van der Waals surface area (Å²) < 4.78 is 0. The summed E-state index contributed by atoms with van der Waals surface area (Å²) in [6.45, 7) is 9.29. The molecule has 0 bridgehead atoms. The number of rotatable bonds is 5. The Balaban J connectivity index is 0.00000392. The molecule has 28 heavy (non-hydrogen) atoms. The van der Waals surface area contributed by atoms with Gasteiger partial charge in [-0.2, -0.15) is 0 Å². The highest BCUT2D eigenvalue weighted by Gasteiger charge is 2.23. The zero-order valence-corrected chi connectivity index (χ0v) is 17.9. The van der Waals surface area contributed by atoms with Crippen LogP contribution in [0.4, 0.5) is 11.4 Å². The van der Waals surface area contributed by atoms with E-state index in [2.05, 4.69) is 10.6 Å². The minimum Gasteiger partial charge on any atom is -0.326 e. The molecule has 0 radical (unpaired) electrons. The average Bonchev–Trinajstić information content (AvgIpc) is 2.63. The summed E-state index contributed by atoms with van der Waals surface area (Å²) in [5.74, 6) is -0.641. The van der Waals surface area contributed by atoms with E-state index in [0.29, 0.717) is 11.4 Å². The van der Waals surface area contributed by atoms with E-state index in [1.54, 1.807) is 6.07 Å². The molecule has 2 atom stereocenters. The van der Waals surface area contributed by atoms with Crippen molar-refractivity contribution in [1.29, 1.82) is 0 Å². The Bertz CT molecular complexity index is 816. The summed E-state index contributed by atoms with van der Waals surface area (Å²) in [6.07, 6.45) is 0. The molecular weight excluding hydrogens is 374 g/mol. The van der Waals surface area contributed by atoms with Crippen LogP contribution >= 0.6 is 12.4 Å². The van der Waals surface area contributed by atoms with E-state index in [4.69, 9.17) is 5.73 Å². The van der Waals surface area contributed by atoms with Crippen molar-refractivity contribution >= 4 is 35.6 Å². The van der Waals surface area contributed by atoms with E-state index < -0.39 is 17.4 Å². The van der Waals surface area contributed by atoms with Crippen molar-refractivity contribution in [3.8, 4) is 0 Å². The quantitative estimate of drug-likeness (QED) is 0.677. The van der Waals surface area contributed by atoms with Crippen molar-refractivity contribution < 1.29 is 9.59 Å². The smallest absolute Gasteiger partial charge is 0.229 e. The van der Waals surface area contributed by atoms with Gasteiger partial charge in [-0.1, -0.05) is 64.1 Å². The molecule has 0 saturated carbocycles. The van der Waals surface area contributed by atoms with Crippen molar-refractivity contribution in [2.24, 2.45) is 17.1 Å². The molecule has 0 aromatic heterocycles. The molecule has 0 heterocycles. The van der Waals surface area contributed by atoms with Crippen molar-refractivity contribution in [2.75, 3.05) is 10.6 Å². The van der Waals surface area contributed by atoms with E-state index in [1.807, 2.05) is 77.1 Å². The normalized spacial score (nSPS) is 13.1. The molecule has 2 aromatic rings. The Hall–Kier alpha value is -2.37. The second kappa shape index (κ2) is 9.71. The maximum absolute atomic E-state index is 12.6. The van der Waals surface area contributed by atoms with Gasteiger partial charge in [-0.05, 0) is 30.2 Å². The van der Waals surface area contributed by atoms with E-state index in [-0.39, 0.29) is 24.2 Å². The molecule has 2 unspecified atom stereocenters. The fraction of sp³-hybridized carbons (Fsp3) is 0.364. The zero-order valence-electron chi connectivity index (χ0n) is 17.1. The highest BCUT2D eigenvalue weighted by atomic mass is 35.5. The SMILES string of the molecule is Cc1ccc(NC(=O)C(C)C(N)c2ccccc2)cc1NC(=O)C(C)(C)C.Cl. The summed E-state index contributed by atoms with van der Waals surface area (Å²) in [7, 11) is 0. The summed E-state index contributed by atoms with van der Waals surface area (Å²) >= 11 is 0. The zero-order chi connectivity index (χ0) is 20.2. The first-order valence-corrected chi connectivity index (χ1v) is 9.13. The van der Waals surface area contributed by atoms with E-state index in [9.17, 15) is 9.59 Å². The second-order valence-corrected chi connectivity index (χ2v) is 7.95. The molecular formula is C22H30ClN3O2. The van der Waals surface area contributed by atoms with Crippen molar-refractivity contribution in [1.82, 2.24) is 0 Å². The minimum atomic E-state index is -0.497. The number of nitrogens with one attached hydrogen (secondary N) is 2. The third-order valence-electron chi connectivity index (χ3n) is 4.57. The van der Waals surface area contributed by atoms with Crippen molar-refractivity contribution in [2.45, 2.75) is 40.7 Å². The van der Waals surface area contributed by atoms with E-state index in [1.165, 1.54) is 0 Å². The third-order valence-corrected chi connectivity index (χ3v) is 4.57. The van der Waals surface area contributed by atoms with Crippen molar-refractivity contribution in [3.63, 3.8) is 0 Å². The summed E-state index contributed by atoms with van der Waals surface area (Å²) in [5.41, 5.74) is 8.91. The van der Waals surface area contributed by atoms with Gasteiger partial charge in [0.15, 0.2) is 0 Å². The predicted molar refractivity (Wildman–Crippen MR) is 118 cm³/mol. The summed E-state index contributed by atoms with van der Waals surface area (Å²) in [6, 6.07) is 14.6. The number of hydrogen-bond donors (Lipinski definition) is 3. The number of benzene rings is 2. The number of carbonyl (C=O) groups excluding carboxylic acids is 2. The lowest BCUT2D eigenvalue weighted by Gasteiger charge is -2.21. The first kappa shape index (κ1) is 23.7. The molecule has 2 aromatic carbocycles. The Kier molecular flexibility index (Phi) is 8.21. The standard InChI is InChI=1S/C22H29N3O2.ClH/c1-14-11-12-17(13-18(14)25-21(27)22(3,4)5)24-20(26)15(2)19(23)16-9-7-6-8-10-16;/h6-13,15,19H,23H2,1-5H3,(H,24,26)(H,25,27);1H. The van der Waals surface area contributed by atoms with Crippen LogP contribution in [0.2, 0.25) is 0 Å². The number of aryl methyl sites for hydroxylation is 1. The van der Waals surface area contributed by atoms with Crippen LogP contribution in [-0.2, 0) is 9.59 Å². The third kappa shape index (κ3) is 6.08. The molecule has 0 aliphatic heterocycles. The molecule has 0 fully saturated rings. The number of hydrogen-bond acceptors (Lipinski definition) is 3. The first-order valence-electron chi connectivity index (χ1n) is 9.13. The molecule has 0 aliphatic rings. The van der Waals surface area contributed by atoms with Crippen LogP contribution in [0.5, 0.6) is 0 Å². The Morgan fingerprint density at radius 3 is 2.18 bits per heavy atom. The topological polar surface area (TPSA) is 84.2 Å². The molecule has 2 amide bonds. The molecule has 4 N–H and O–H groups in total. The summed E-state index contributed by atoms with van der Waals surface area (Å²) in [5, 5.41) is 5.83. The number of anilines is 2. The maximum atomic E-state index is 12.6. The van der Waals surface area contributed by atoms with Gasteiger partial charge < -0.3 is 16.4 Å². The van der Waals surface area contributed by atoms with Gasteiger partial charge in [-0.25, -0.2) is 0 Å². The monoisotopic (exact) mass is 403 g/mol. The summed E-state index contributed by atoms with van der Waals surface area (Å²) in [4.78, 5) is 24.9. The predicted octanol–water partition coefficient (Wildman–Crippen LogP) is 4.68. The Morgan fingerprint density at radius 2 is 1.61 bits per heavy atom. The number of nitrogens with two attached hydrogens (primary N) is 1. The van der Waals surface area contributed by atoms with Gasteiger partial charge in [0.25, 0.3) is 0 Å². The van der Waals surface area contributed by atoms with E-state index in [0.717, 1.165) is 11.1 Å². The maximum Gasteiger partial charge on any atom is 0.229 e. The van der Waals surface area contributed by atoms with Gasteiger partial charge in [0.05, 0.1) is 5.92 Å². The van der Waals surface area contributed by atoms with Crippen LogP contribution in [0.25, 0.3) is 0 Å². The molecule has 152 valence electrons. The lowest BCUT2D eigenvalue weighted by molar-refractivity contribution is -0.123. The lowest BCUT2D eigenvalue weighted by atomic mass is 9.94. The fourth-order valence-corrected chi connectivity index (χ4v) is 2.53. The van der Waals surface area contributed by atoms with Crippen LogP contribution in [0.3, 0.4) is 0 Å². The van der Waals surface area contributed by atoms with Crippen LogP contribution in [0, 0.1) is 18.3 Å². The van der Waals surface area contributed by atoms with Gasteiger partial charge in [0, 0.05) is 22.8 Å².